The van der Waals surface area contributed by atoms with Gasteiger partial charge >= 0.3 is 0 Å². The Labute approximate surface area is 89.6 Å². The number of nitrogens with zero attached hydrogens (tertiary/aromatic N) is 1. The molecule has 1 aliphatic heterocycles. The number of hydrogen-bond donors (Lipinski definition) is 1. The molecule has 0 aromatic carbocycles. The number of nitrogens with one attached hydrogen (secondary N) is 1. The van der Waals surface area contributed by atoms with Crippen LogP contribution in [-0.4, -0.2) is 57.7 Å². The van der Waals surface area contributed by atoms with Crippen molar-refractivity contribution in [3.05, 3.63) is 0 Å². The van der Waals surface area contributed by atoms with E-state index in [0.717, 1.165) is 0 Å². The minimum Gasteiger partial charge on any atom is -0.384 e. The molecule has 0 spiro atoms. The lowest BCUT2D eigenvalue weighted by Gasteiger charge is -2.18. The third-order valence-electron chi connectivity index (χ3n) is 2.17. The van der Waals surface area contributed by atoms with Crippen LogP contribution in [0.4, 0.5) is 0 Å². The largest absolute Gasteiger partial charge is 0.384 e. The fourth-order valence-corrected chi connectivity index (χ4v) is 2.69. The van der Waals surface area contributed by atoms with Crippen LogP contribution in [0.25, 0.3) is 0 Å². The van der Waals surface area contributed by atoms with Gasteiger partial charge in [-0.3, -0.25) is 4.79 Å². The Morgan fingerprint density at radius 3 is 2.93 bits per heavy atom. The molecule has 1 heterocycles. The lowest BCUT2D eigenvalue weighted by atomic mass is 10.4. The van der Waals surface area contributed by atoms with Gasteiger partial charge in [-0.25, -0.2) is 8.42 Å². The van der Waals surface area contributed by atoms with Crippen LogP contribution in [0.5, 0.6) is 0 Å². The average Bonchev–Trinajstić information content (AvgIpc) is 2.40. The molecular weight excluding hydrogens is 220 g/mol. The quantitative estimate of drug-likeness (QED) is 0.664. The second-order valence-corrected chi connectivity index (χ2v) is 5.43. The van der Waals surface area contributed by atoms with Gasteiger partial charge in [0.2, 0.25) is 15.9 Å². The molecule has 1 saturated heterocycles. The lowest BCUT2D eigenvalue weighted by Crippen LogP contribution is -2.39. The molecule has 0 aromatic rings. The van der Waals surface area contributed by atoms with Crippen LogP contribution >= 0.6 is 0 Å². The van der Waals surface area contributed by atoms with Crippen molar-refractivity contribution in [2.45, 2.75) is 6.42 Å². The second kappa shape index (κ2) is 5.43. The van der Waals surface area contributed by atoms with Crippen molar-refractivity contribution in [2.24, 2.45) is 0 Å². The summed E-state index contributed by atoms with van der Waals surface area (Å²) < 4.78 is 29.4. The summed E-state index contributed by atoms with van der Waals surface area (Å²) in [5, 5.41) is 2.63. The summed E-state index contributed by atoms with van der Waals surface area (Å²) in [6, 6.07) is 0. The van der Waals surface area contributed by atoms with Gasteiger partial charge < -0.3 is 10.1 Å². The van der Waals surface area contributed by atoms with Crippen LogP contribution in [0, 0.1) is 0 Å². The first kappa shape index (κ1) is 12.4. The zero-order valence-electron chi connectivity index (χ0n) is 8.73. The average molecular weight is 236 g/mol. The number of rotatable bonds is 4. The Morgan fingerprint density at radius 1 is 1.53 bits per heavy atom. The molecule has 0 atom stereocenters. The number of carbonyl (C=O) groups excluding carboxylic acids is 1. The summed E-state index contributed by atoms with van der Waals surface area (Å²) in [6.45, 7) is 1.01. The van der Waals surface area contributed by atoms with E-state index in [0.29, 0.717) is 19.5 Å². The molecule has 0 aliphatic carbocycles. The highest BCUT2D eigenvalue weighted by atomic mass is 32.2. The molecule has 1 N–H and O–H groups in total. The molecule has 0 radical (unpaired) electrons. The molecule has 0 saturated carbocycles. The zero-order valence-corrected chi connectivity index (χ0v) is 9.55. The van der Waals surface area contributed by atoms with Gasteiger partial charge in [-0.2, -0.15) is 4.31 Å². The van der Waals surface area contributed by atoms with Crippen molar-refractivity contribution < 1.29 is 17.9 Å². The minimum absolute atomic E-state index is 0.0726. The maximum atomic E-state index is 11.7. The fraction of sp³-hybridized carbons (Fsp3) is 0.875. The SMILES string of the molecule is COCCS(=O)(=O)N1CCCNC(=O)C1. The van der Waals surface area contributed by atoms with Crippen LogP contribution in [-0.2, 0) is 19.6 Å². The van der Waals surface area contributed by atoms with Crippen LogP contribution < -0.4 is 5.32 Å². The van der Waals surface area contributed by atoms with Crippen molar-refractivity contribution in [1.82, 2.24) is 9.62 Å². The van der Waals surface area contributed by atoms with Gasteiger partial charge in [-0.15, -0.1) is 0 Å². The number of ether oxygens (including phenoxy) is 1. The molecule has 0 bridgehead atoms. The standard InChI is InChI=1S/C8H16N2O4S/c1-14-5-6-15(12,13)10-4-2-3-9-8(11)7-10/h2-7H2,1H3,(H,9,11). The van der Waals surface area contributed by atoms with Gasteiger partial charge in [-0.05, 0) is 6.42 Å². The fourth-order valence-electron chi connectivity index (χ4n) is 1.33. The second-order valence-electron chi connectivity index (χ2n) is 3.35. The summed E-state index contributed by atoms with van der Waals surface area (Å²) in [5.74, 6) is -0.315. The van der Waals surface area contributed by atoms with E-state index in [4.69, 9.17) is 4.74 Å². The predicted molar refractivity (Wildman–Crippen MR) is 54.9 cm³/mol. The molecule has 1 fully saturated rings. The number of methoxy groups -OCH3 is 1. The van der Waals surface area contributed by atoms with Gasteiger partial charge in [0.05, 0.1) is 18.9 Å². The van der Waals surface area contributed by atoms with E-state index in [1.807, 2.05) is 0 Å². The van der Waals surface area contributed by atoms with Gasteiger partial charge in [0.25, 0.3) is 0 Å². The first-order valence-corrected chi connectivity index (χ1v) is 6.40. The lowest BCUT2D eigenvalue weighted by molar-refractivity contribution is -0.120. The summed E-state index contributed by atoms with van der Waals surface area (Å²) in [5.41, 5.74) is 0. The molecule has 7 heteroatoms. The highest BCUT2D eigenvalue weighted by Gasteiger charge is 2.25. The Balaban J connectivity index is 2.63. The van der Waals surface area contributed by atoms with Crippen LogP contribution in [0.1, 0.15) is 6.42 Å². The number of amides is 1. The molecule has 15 heavy (non-hydrogen) atoms. The highest BCUT2D eigenvalue weighted by Crippen LogP contribution is 2.05. The minimum atomic E-state index is -3.35. The van der Waals surface area contributed by atoms with Crippen molar-refractivity contribution in [2.75, 3.05) is 39.1 Å². The Kier molecular flexibility index (Phi) is 4.49. The van der Waals surface area contributed by atoms with Crippen LogP contribution in [0.3, 0.4) is 0 Å². The summed E-state index contributed by atoms with van der Waals surface area (Å²) in [6.07, 6.45) is 0.651. The van der Waals surface area contributed by atoms with Gasteiger partial charge in [0, 0.05) is 20.2 Å². The van der Waals surface area contributed by atoms with Crippen LogP contribution in [0.2, 0.25) is 0 Å². The highest BCUT2D eigenvalue weighted by molar-refractivity contribution is 7.89. The van der Waals surface area contributed by atoms with Gasteiger partial charge in [-0.1, -0.05) is 0 Å². The van der Waals surface area contributed by atoms with Crippen molar-refractivity contribution >= 4 is 15.9 Å². The summed E-state index contributed by atoms with van der Waals surface area (Å²) in [7, 11) is -1.91. The number of carbonyl (C=O) groups is 1. The Bertz CT molecular complexity index is 315. The maximum Gasteiger partial charge on any atom is 0.235 e. The van der Waals surface area contributed by atoms with E-state index in [1.165, 1.54) is 11.4 Å². The van der Waals surface area contributed by atoms with Gasteiger partial charge in [0.15, 0.2) is 0 Å². The van der Waals surface area contributed by atoms with E-state index >= 15 is 0 Å². The van der Waals surface area contributed by atoms with Crippen molar-refractivity contribution in [3.8, 4) is 0 Å². The first-order valence-electron chi connectivity index (χ1n) is 4.80. The summed E-state index contributed by atoms with van der Waals surface area (Å²) in [4.78, 5) is 11.2. The topological polar surface area (TPSA) is 75.7 Å². The van der Waals surface area contributed by atoms with Crippen molar-refractivity contribution in [1.29, 1.82) is 0 Å². The predicted octanol–water partition coefficient (Wildman–Crippen LogP) is -1.22. The van der Waals surface area contributed by atoms with E-state index < -0.39 is 10.0 Å². The molecule has 0 aromatic heterocycles. The number of hydrogen-bond acceptors (Lipinski definition) is 4. The van der Waals surface area contributed by atoms with E-state index in [9.17, 15) is 13.2 Å². The van der Waals surface area contributed by atoms with E-state index in [1.54, 1.807) is 0 Å². The first-order chi connectivity index (χ1) is 7.06. The zero-order chi connectivity index (χ0) is 11.3. The van der Waals surface area contributed by atoms with Crippen LogP contribution in [0.15, 0.2) is 0 Å². The molecular formula is C8H16N2O4S. The Morgan fingerprint density at radius 2 is 2.27 bits per heavy atom. The molecule has 1 rings (SSSR count). The third kappa shape index (κ3) is 3.77. The summed E-state index contributed by atoms with van der Waals surface area (Å²) >= 11 is 0. The smallest absolute Gasteiger partial charge is 0.235 e. The van der Waals surface area contributed by atoms with E-state index in [2.05, 4.69) is 5.32 Å². The maximum absolute atomic E-state index is 11.7. The molecule has 1 aliphatic rings. The van der Waals surface area contributed by atoms with Crippen molar-refractivity contribution in [3.63, 3.8) is 0 Å². The number of sulfonamides is 1. The molecule has 88 valence electrons. The molecule has 1 amide bonds. The normalized spacial score (nSPS) is 19.7. The Hall–Kier alpha value is -0.660. The van der Waals surface area contributed by atoms with Gasteiger partial charge in [0.1, 0.15) is 0 Å². The molecule has 6 nitrogen and oxygen atoms in total. The third-order valence-corrected chi connectivity index (χ3v) is 3.95. The van der Waals surface area contributed by atoms with E-state index in [-0.39, 0.29) is 24.8 Å². The molecule has 0 unspecified atom stereocenters. The monoisotopic (exact) mass is 236 g/mol.